The summed E-state index contributed by atoms with van der Waals surface area (Å²) in [6.07, 6.45) is 0. The Kier molecular flexibility index (Phi) is 23.7. The third-order valence-electron chi connectivity index (χ3n) is 0. The topological polar surface area (TPSA) is 0 Å². The molecule has 0 N–H and O–H groups in total. The van der Waals surface area contributed by atoms with Gasteiger partial charge in [0.1, 0.15) is 6.74 Å². The summed E-state index contributed by atoms with van der Waals surface area (Å²) in [5, 5.41) is -2.72. The van der Waals surface area contributed by atoms with Crippen molar-refractivity contribution >= 4 is 91.5 Å². The summed E-state index contributed by atoms with van der Waals surface area (Å²) >= 11 is 19.9. The minimum absolute atomic E-state index is 0. The van der Waals surface area contributed by atoms with Gasteiger partial charge in [-0.2, -0.15) is 0 Å². The molecule has 0 amide bonds. The average Bonchev–Trinajstić information content (AvgIpc) is 1.12. The van der Waals surface area contributed by atoms with E-state index in [1.54, 1.807) is 0 Å². The summed E-state index contributed by atoms with van der Waals surface area (Å²) in [5.74, 6) is 0. The smallest absolute Gasteiger partial charge is 0.358 e. The largest absolute Gasteiger partial charge is 1.00 e. The van der Waals surface area contributed by atoms with Gasteiger partial charge in [-0.15, -0.1) is 79.5 Å². The first kappa shape index (κ1) is 24.9. The molecule has 4 unspecified atom stereocenters. The van der Waals surface area contributed by atoms with E-state index in [4.69, 9.17) is 44.3 Å². The zero-order valence-electron chi connectivity index (χ0n) is 6.82. The molecular formula is CH11Cl4LiP4Si2. The van der Waals surface area contributed by atoms with Crippen molar-refractivity contribution in [3.8, 4) is 0 Å². The van der Waals surface area contributed by atoms with Crippen molar-refractivity contribution in [2.45, 2.75) is 0 Å². The molecule has 0 aliphatic carbocycles. The van der Waals surface area contributed by atoms with Gasteiger partial charge in [0.15, 0.2) is 0 Å². The molecule has 0 nitrogen and oxygen atoms in total. The molecule has 0 aliphatic rings. The van der Waals surface area contributed by atoms with Crippen molar-refractivity contribution in [3.63, 3.8) is 0 Å². The fourth-order valence-electron chi connectivity index (χ4n) is 0. The third kappa shape index (κ3) is 152. The van der Waals surface area contributed by atoms with Crippen molar-refractivity contribution in [3.05, 3.63) is 7.43 Å². The summed E-state index contributed by atoms with van der Waals surface area (Å²) in [4.78, 5) is 0. The van der Waals surface area contributed by atoms with Gasteiger partial charge in [-0.25, -0.2) is 0 Å². The van der Waals surface area contributed by atoms with Crippen LogP contribution in [-0.4, -0.2) is 12.1 Å². The van der Waals surface area contributed by atoms with Gasteiger partial charge >= 0.3 is 24.2 Å². The van der Waals surface area contributed by atoms with E-state index in [0.717, 1.165) is 0 Å². The fraction of sp³-hybridized carbons (Fsp3) is 0. The van der Waals surface area contributed by atoms with Gasteiger partial charge in [0.2, 0.25) is 0 Å². The maximum Gasteiger partial charge on any atom is 1.00 e. The van der Waals surface area contributed by atoms with Crippen molar-refractivity contribution in [2.24, 2.45) is 0 Å². The molecule has 72 valence electrons. The molecule has 12 heavy (non-hydrogen) atoms. The van der Waals surface area contributed by atoms with Crippen LogP contribution in [0.25, 0.3) is 0 Å². The van der Waals surface area contributed by atoms with E-state index < -0.39 is 12.1 Å². The van der Waals surface area contributed by atoms with Crippen LogP contribution in [0.4, 0.5) is 0 Å². The Labute approximate surface area is 117 Å². The molecule has 0 rings (SSSR count). The second kappa shape index (κ2) is 11.4. The molecule has 0 saturated carbocycles. The Hall–Kier alpha value is 3.91. The Bertz CT molecular complexity index is 68.0. The summed E-state index contributed by atoms with van der Waals surface area (Å²) in [6, 6.07) is 0. The van der Waals surface area contributed by atoms with E-state index in [-0.39, 0.29) is 26.3 Å². The summed E-state index contributed by atoms with van der Waals surface area (Å²) in [6.45, 7) is -0.944. The van der Waals surface area contributed by atoms with E-state index in [0.29, 0.717) is 0 Å². The van der Waals surface area contributed by atoms with Crippen LogP contribution in [0.1, 0.15) is 0 Å². The second-order valence-electron chi connectivity index (χ2n) is 1.43. The molecular weight excluding hydrogens is 341 g/mol. The molecule has 0 aliphatic heterocycles. The normalized spacial score (nSPS) is 10.0. The molecule has 0 bridgehead atoms. The predicted octanol–water partition coefficient (Wildman–Crippen LogP) is 0.754. The third-order valence-corrected chi connectivity index (χ3v) is 0. The molecule has 0 heterocycles. The van der Waals surface area contributed by atoms with Crippen LogP contribution in [-0.2, 0) is 0 Å². The second-order valence-corrected chi connectivity index (χ2v) is 38.6. The minimum Gasteiger partial charge on any atom is -0.358 e. The van der Waals surface area contributed by atoms with Crippen LogP contribution in [0, 0.1) is 7.43 Å². The molecule has 0 fully saturated rings. The quantitative estimate of drug-likeness (QED) is 0.261. The monoisotopic (exact) mass is 350 g/mol. The van der Waals surface area contributed by atoms with Gasteiger partial charge < -0.3 is 7.43 Å². The molecule has 11 heteroatoms. The van der Waals surface area contributed by atoms with Crippen LogP contribution in [0.3, 0.4) is 0 Å². The van der Waals surface area contributed by atoms with Crippen LogP contribution in [0.15, 0.2) is 0 Å². The van der Waals surface area contributed by atoms with Crippen molar-refractivity contribution in [1.29, 1.82) is 0 Å². The summed E-state index contributed by atoms with van der Waals surface area (Å²) in [7, 11) is 11.0. The van der Waals surface area contributed by atoms with Gasteiger partial charge in [-0.1, -0.05) is 0 Å². The molecule has 0 saturated heterocycles. The SMILES string of the molecule is Cl[Si](Cl)(Cl)Cl.P[Si](P)(P)P.[CH3-].[Li+]. The van der Waals surface area contributed by atoms with Crippen LogP contribution < -0.4 is 18.9 Å². The molecule has 0 aromatic heterocycles. The Balaban J connectivity index is -0.0000000457. The van der Waals surface area contributed by atoms with Gasteiger partial charge in [0, 0.05) is 0 Å². The van der Waals surface area contributed by atoms with Crippen LogP contribution in [0.5, 0.6) is 0 Å². The fourth-order valence-corrected chi connectivity index (χ4v) is 0. The van der Waals surface area contributed by atoms with Gasteiger partial charge in [-0.3, -0.25) is 0 Å². The molecule has 4 atom stereocenters. The Morgan fingerprint density at radius 1 is 0.750 bits per heavy atom. The van der Waals surface area contributed by atoms with Gasteiger partial charge in [0.05, 0.1) is 0 Å². The number of hydrogen-bond donors (Lipinski definition) is 0. The van der Waals surface area contributed by atoms with Crippen molar-refractivity contribution in [2.75, 3.05) is 0 Å². The van der Waals surface area contributed by atoms with Crippen LogP contribution in [0.2, 0.25) is 0 Å². The van der Waals surface area contributed by atoms with Crippen LogP contribution >= 0.6 is 79.5 Å². The maximum atomic E-state index is 4.97. The Morgan fingerprint density at radius 2 is 0.750 bits per heavy atom. The van der Waals surface area contributed by atoms with Crippen molar-refractivity contribution in [1.82, 2.24) is 0 Å². The van der Waals surface area contributed by atoms with E-state index in [2.05, 4.69) is 35.2 Å². The van der Waals surface area contributed by atoms with E-state index in [1.165, 1.54) is 0 Å². The standard InChI is InChI=1S/CH3.Cl4Si.Li.H8P4Si/c;1-5(2,3)4;;1-5(2,3)4/h1H3;;;1-4H2/q-1;;+1;. The number of rotatable bonds is 0. The zero-order chi connectivity index (χ0) is 9.00. The van der Waals surface area contributed by atoms with E-state index in [9.17, 15) is 0 Å². The molecule has 0 spiro atoms. The van der Waals surface area contributed by atoms with E-state index in [1.807, 2.05) is 0 Å². The number of halogens is 4. The average molecular weight is 352 g/mol. The zero-order valence-corrected chi connectivity index (χ0v) is 16.5. The molecule has 0 radical (unpaired) electrons. The Morgan fingerprint density at radius 3 is 0.750 bits per heavy atom. The first-order valence-corrected chi connectivity index (χ1v) is 17.2. The maximum absolute atomic E-state index is 4.97. The first-order valence-electron chi connectivity index (χ1n) is 1.91. The van der Waals surface area contributed by atoms with E-state index >= 15 is 0 Å². The minimum atomic E-state index is -2.72. The predicted molar refractivity (Wildman–Crippen MR) is 80.2 cm³/mol. The summed E-state index contributed by atoms with van der Waals surface area (Å²) < 4.78 is 0. The van der Waals surface area contributed by atoms with Gasteiger partial charge in [0.25, 0.3) is 0 Å². The number of hydrogen-bond acceptors (Lipinski definition) is 0. The first-order chi connectivity index (χ1) is 4.00. The molecule has 0 aromatic carbocycles. The van der Waals surface area contributed by atoms with Gasteiger partial charge in [-0.05, 0) is 0 Å². The van der Waals surface area contributed by atoms with Crippen molar-refractivity contribution < 1.29 is 18.9 Å². The molecule has 0 aromatic rings. The summed E-state index contributed by atoms with van der Waals surface area (Å²) in [5.41, 5.74) is 0.